The number of unbranched alkanes of at least 4 members (excludes halogenated alkanes) is 1. The Balaban J connectivity index is 2.12. The van der Waals surface area contributed by atoms with Gasteiger partial charge in [0.2, 0.25) is 15.9 Å². The van der Waals surface area contributed by atoms with Crippen LogP contribution in [0.3, 0.4) is 0 Å². The molecule has 0 bridgehead atoms. The number of fused-ring (bicyclic) bond motifs is 1. The smallest absolute Gasteiger partial charge is 0.346 e. The first kappa shape index (κ1) is 24.7. The Bertz CT molecular complexity index is 1330. The van der Waals surface area contributed by atoms with Crippen molar-refractivity contribution in [3.63, 3.8) is 0 Å². The number of hydrogen-bond acceptors (Lipinski definition) is 6. The zero-order chi connectivity index (χ0) is 24.8. The van der Waals surface area contributed by atoms with Crippen molar-refractivity contribution in [1.82, 2.24) is 4.57 Å². The number of hydrogen-bond donors (Lipinski definition) is 5. The van der Waals surface area contributed by atoms with E-state index in [1.807, 2.05) is 20.8 Å². The molecule has 1 unspecified atom stereocenters. The number of rotatable bonds is 6. The number of nitrogens with one attached hydrogen (secondary N) is 2. The molecule has 12 heteroatoms. The summed E-state index contributed by atoms with van der Waals surface area (Å²) in [6, 6.07) is 4.06. The van der Waals surface area contributed by atoms with Crippen molar-refractivity contribution in [3.05, 3.63) is 29.5 Å². The predicted octanol–water partition coefficient (Wildman–Crippen LogP) is 2.66. The summed E-state index contributed by atoms with van der Waals surface area (Å²) in [5, 5.41) is 24.8. The number of aromatic nitrogens is 1. The van der Waals surface area contributed by atoms with E-state index < -0.39 is 23.0 Å². The fourth-order valence-electron chi connectivity index (χ4n) is 3.74. The van der Waals surface area contributed by atoms with Gasteiger partial charge in [-0.05, 0) is 24.6 Å². The molecular formula is C21H27N4O6PS. The van der Waals surface area contributed by atoms with Gasteiger partial charge in [0.25, 0.3) is 0 Å². The summed E-state index contributed by atoms with van der Waals surface area (Å²) in [6.45, 7) is 5.92. The summed E-state index contributed by atoms with van der Waals surface area (Å²) in [5.74, 6) is 1.80. The van der Waals surface area contributed by atoms with Crippen LogP contribution in [0.15, 0.2) is 23.0 Å². The fourth-order valence-corrected chi connectivity index (χ4v) is 5.57. The minimum Gasteiger partial charge on any atom is -0.505 e. The van der Waals surface area contributed by atoms with E-state index in [1.165, 1.54) is 22.8 Å². The summed E-state index contributed by atoms with van der Waals surface area (Å²) in [6.07, 6.45) is 7.32. The second kappa shape index (κ2) is 8.45. The fraction of sp³-hybridized carbons (Fsp3) is 0.381. The first-order chi connectivity index (χ1) is 15.2. The molecule has 3 rings (SSSR count). The van der Waals surface area contributed by atoms with Gasteiger partial charge in [-0.3, -0.25) is 9.29 Å². The standard InChI is InChI=1S/C21H27N4O6PS/c1-6-7-8-11-25-18(21(2,3)4)17(26)16(20(25)27)19-22-14-10-9-13(24-33(5,30)31)12-15(14)32(28,29)23-19/h1,9-10,12,24,26-27H,7-8,11H2,2-5H3,(H2,22,23,28,29). The molecule has 0 spiro atoms. The van der Waals surface area contributed by atoms with Crippen molar-refractivity contribution >= 4 is 40.1 Å². The van der Waals surface area contributed by atoms with Gasteiger partial charge in [-0.2, -0.15) is 4.76 Å². The highest BCUT2D eigenvalue weighted by molar-refractivity contribution is 7.92. The van der Waals surface area contributed by atoms with Crippen LogP contribution in [0.2, 0.25) is 0 Å². The molecule has 1 aromatic carbocycles. The molecule has 0 radical (unpaired) electrons. The van der Waals surface area contributed by atoms with Crippen LogP contribution in [-0.2, 0) is 26.5 Å². The van der Waals surface area contributed by atoms with Gasteiger partial charge in [0.05, 0.1) is 22.9 Å². The molecular weight excluding hydrogens is 467 g/mol. The van der Waals surface area contributed by atoms with Crippen molar-refractivity contribution < 1.29 is 28.1 Å². The Labute approximate surface area is 192 Å². The van der Waals surface area contributed by atoms with E-state index in [9.17, 15) is 28.1 Å². The minimum atomic E-state index is -4.37. The van der Waals surface area contributed by atoms with E-state index in [-0.39, 0.29) is 39.7 Å². The summed E-state index contributed by atoms with van der Waals surface area (Å²) < 4.78 is 43.7. The van der Waals surface area contributed by atoms with Crippen molar-refractivity contribution in [2.24, 2.45) is 4.76 Å². The molecule has 0 fully saturated rings. The van der Waals surface area contributed by atoms with Gasteiger partial charge in [0.1, 0.15) is 5.56 Å². The van der Waals surface area contributed by atoms with Crippen LogP contribution in [0.25, 0.3) is 0 Å². The quantitative estimate of drug-likeness (QED) is 0.235. The topological polar surface area (TPSA) is 153 Å². The normalized spacial score (nSPS) is 18.1. The Morgan fingerprint density at radius 3 is 2.55 bits per heavy atom. The molecule has 0 saturated carbocycles. The maximum absolute atomic E-state index is 13.0. The maximum Gasteiger partial charge on any atom is 0.346 e. The minimum absolute atomic E-state index is 0.0982. The number of amidine groups is 1. The van der Waals surface area contributed by atoms with Crippen molar-refractivity contribution in [2.75, 3.05) is 16.3 Å². The molecule has 1 aromatic heterocycles. The van der Waals surface area contributed by atoms with Crippen LogP contribution in [0.4, 0.5) is 11.4 Å². The zero-order valence-electron chi connectivity index (χ0n) is 18.7. The summed E-state index contributed by atoms with van der Waals surface area (Å²) >= 11 is 0. The average molecular weight is 495 g/mol. The number of sulfonamides is 1. The molecule has 0 saturated heterocycles. The van der Waals surface area contributed by atoms with Gasteiger partial charge in [-0.25, -0.2) is 8.42 Å². The number of benzene rings is 1. The summed E-state index contributed by atoms with van der Waals surface area (Å²) in [5.41, 5.74) is 0.0622. The Hall–Kier alpha value is -2.93. The second-order valence-electron chi connectivity index (χ2n) is 8.83. The third-order valence-corrected chi connectivity index (χ3v) is 7.04. The molecule has 1 aliphatic heterocycles. The molecule has 2 heterocycles. The van der Waals surface area contributed by atoms with E-state index in [1.54, 1.807) is 0 Å². The van der Waals surface area contributed by atoms with Crippen LogP contribution in [0.5, 0.6) is 11.6 Å². The number of anilines is 2. The SMILES string of the molecule is C#CCCCn1c(O)c(C2=NP(=O)(O)c3cc(NS(C)(=O)=O)ccc3N2)c(O)c1C(C)(C)C. The Morgan fingerprint density at radius 1 is 1.30 bits per heavy atom. The lowest BCUT2D eigenvalue weighted by Crippen LogP contribution is -2.25. The number of terminal acetylenes is 1. The molecule has 10 nitrogen and oxygen atoms in total. The van der Waals surface area contributed by atoms with Crippen molar-refractivity contribution in [3.8, 4) is 24.0 Å². The van der Waals surface area contributed by atoms with Gasteiger partial charge in [0.15, 0.2) is 11.6 Å². The van der Waals surface area contributed by atoms with E-state index in [0.29, 0.717) is 25.1 Å². The lowest BCUT2D eigenvalue weighted by atomic mass is 9.91. The highest BCUT2D eigenvalue weighted by Crippen LogP contribution is 2.50. The Kier molecular flexibility index (Phi) is 6.33. The van der Waals surface area contributed by atoms with Crippen LogP contribution in [0.1, 0.15) is 44.9 Å². The van der Waals surface area contributed by atoms with Gasteiger partial charge in [-0.1, -0.05) is 20.8 Å². The molecule has 0 amide bonds. The van der Waals surface area contributed by atoms with Crippen LogP contribution in [0, 0.1) is 12.3 Å². The predicted molar refractivity (Wildman–Crippen MR) is 129 cm³/mol. The van der Waals surface area contributed by atoms with Crippen LogP contribution in [-0.4, -0.2) is 40.2 Å². The molecule has 33 heavy (non-hydrogen) atoms. The molecule has 178 valence electrons. The second-order valence-corrected chi connectivity index (χ2v) is 12.3. The monoisotopic (exact) mass is 494 g/mol. The van der Waals surface area contributed by atoms with Gasteiger partial charge >= 0.3 is 7.52 Å². The third-order valence-electron chi connectivity index (χ3n) is 4.96. The first-order valence-electron chi connectivity index (χ1n) is 10.1. The lowest BCUT2D eigenvalue weighted by molar-refractivity contribution is 0.389. The molecule has 1 aliphatic rings. The first-order valence-corrected chi connectivity index (χ1v) is 13.6. The van der Waals surface area contributed by atoms with E-state index in [2.05, 4.69) is 20.7 Å². The lowest BCUT2D eigenvalue weighted by Gasteiger charge is -2.23. The summed E-state index contributed by atoms with van der Waals surface area (Å²) in [4.78, 5) is 10.6. The van der Waals surface area contributed by atoms with Crippen LogP contribution >= 0.6 is 7.52 Å². The number of nitrogens with zero attached hydrogens (tertiary/aromatic N) is 2. The van der Waals surface area contributed by atoms with E-state index >= 15 is 0 Å². The van der Waals surface area contributed by atoms with Crippen molar-refractivity contribution in [2.45, 2.75) is 45.6 Å². The average Bonchev–Trinajstić information content (AvgIpc) is 2.90. The van der Waals surface area contributed by atoms with Crippen molar-refractivity contribution in [1.29, 1.82) is 0 Å². The van der Waals surface area contributed by atoms with Gasteiger partial charge < -0.3 is 25.0 Å². The van der Waals surface area contributed by atoms with Gasteiger partial charge in [0, 0.05) is 24.1 Å². The van der Waals surface area contributed by atoms with E-state index in [0.717, 1.165) is 6.26 Å². The number of aromatic hydroxyl groups is 2. The molecule has 1 atom stereocenters. The van der Waals surface area contributed by atoms with Crippen LogP contribution < -0.4 is 15.3 Å². The highest BCUT2D eigenvalue weighted by Gasteiger charge is 2.37. The highest BCUT2D eigenvalue weighted by atomic mass is 32.2. The molecule has 0 aliphatic carbocycles. The van der Waals surface area contributed by atoms with E-state index in [4.69, 9.17) is 6.42 Å². The third kappa shape index (κ3) is 5.03. The molecule has 2 aromatic rings. The zero-order valence-corrected chi connectivity index (χ0v) is 20.5. The molecule has 5 N–H and O–H groups in total. The summed E-state index contributed by atoms with van der Waals surface area (Å²) in [7, 11) is -7.96. The largest absolute Gasteiger partial charge is 0.505 e. The Morgan fingerprint density at radius 2 is 1.97 bits per heavy atom. The maximum atomic E-state index is 13.0. The van der Waals surface area contributed by atoms with Gasteiger partial charge in [-0.15, -0.1) is 12.3 Å².